The highest BCUT2D eigenvalue weighted by molar-refractivity contribution is 6.12. The lowest BCUT2D eigenvalue weighted by Crippen LogP contribution is -2.52. The van der Waals surface area contributed by atoms with Crippen molar-refractivity contribution in [2.24, 2.45) is 0 Å². The van der Waals surface area contributed by atoms with Crippen LogP contribution >= 0.6 is 0 Å². The van der Waals surface area contributed by atoms with Crippen LogP contribution in [0.1, 0.15) is 70.5 Å². The summed E-state index contributed by atoms with van der Waals surface area (Å²) >= 11 is 0. The van der Waals surface area contributed by atoms with E-state index >= 15 is 0 Å². The van der Waals surface area contributed by atoms with Gasteiger partial charge in [-0.1, -0.05) is 42.8 Å². The Morgan fingerprint density at radius 1 is 0.889 bits per heavy atom. The van der Waals surface area contributed by atoms with Crippen molar-refractivity contribution in [3.05, 3.63) is 70.3 Å². The fourth-order valence-corrected chi connectivity index (χ4v) is 4.49. The van der Waals surface area contributed by atoms with Gasteiger partial charge in [0.15, 0.2) is 11.6 Å². The monoisotopic (exact) mass is 361 g/mol. The van der Waals surface area contributed by atoms with Crippen molar-refractivity contribution in [1.82, 2.24) is 4.90 Å². The highest BCUT2D eigenvalue weighted by Gasteiger charge is 2.36. The predicted octanol–water partition coefficient (Wildman–Crippen LogP) is 4.46. The van der Waals surface area contributed by atoms with Crippen molar-refractivity contribution in [2.75, 3.05) is 13.1 Å². The molecule has 1 heterocycles. The Bertz CT molecular complexity index is 891. The molecule has 0 radical (unpaired) electrons. The lowest BCUT2D eigenvalue weighted by atomic mass is 9.87. The molecule has 1 saturated heterocycles. The van der Waals surface area contributed by atoms with E-state index in [2.05, 4.69) is 4.90 Å². The predicted molar refractivity (Wildman–Crippen MR) is 108 cm³/mol. The molecule has 1 aliphatic heterocycles. The average Bonchev–Trinajstić information content (AvgIpc) is 2.85. The number of piperidine rings is 1. The highest BCUT2D eigenvalue weighted by Crippen LogP contribution is 2.29. The van der Waals surface area contributed by atoms with E-state index < -0.39 is 5.54 Å². The maximum Gasteiger partial charge on any atom is 0.193 e. The first-order valence-corrected chi connectivity index (χ1v) is 10.0. The van der Waals surface area contributed by atoms with Crippen molar-refractivity contribution < 1.29 is 9.59 Å². The molecule has 0 aromatic heterocycles. The highest BCUT2D eigenvalue weighted by atomic mass is 16.1. The zero-order chi connectivity index (χ0) is 19.0. The van der Waals surface area contributed by atoms with E-state index in [1.54, 1.807) is 0 Å². The van der Waals surface area contributed by atoms with Gasteiger partial charge in [0.25, 0.3) is 0 Å². The zero-order valence-corrected chi connectivity index (χ0v) is 16.3. The second-order valence-electron chi connectivity index (χ2n) is 8.29. The summed E-state index contributed by atoms with van der Waals surface area (Å²) in [5, 5.41) is 0. The molecule has 0 bridgehead atoms. The molecule has 2 aromatic carbocycles. The van der Waals surface area contributed by atoms with Crippen LogP contribution in [0.25, 0.3) is 0 Å². The van der Waals surface area contributed by atoms with Crippen LogP contribution in [-0.2, 0) is 12.8 Å². The van der Waals surface area contributed by atoms with Crippen LogP contribution in [-0.4, -0.2) is 35.1 Å². The number of aryl methyl sites for hydroxylation is 2. The van der Waals surface area contributed by atoms with Crippen molar-refractivity contribution in [3.63, 3.8) is 0 Å². The summed E-state index contributed by atoms with van der Waals surface area (Å²) in [5.41, 5.74) is 3.85. The Kier molecular flexibility index (Phi) is 4.73. The summed E-state index contributed by atoms with van der Waals surface area (Å²) in [7, 11) is 0. The largest absolute Gasteiger partial charge is 0.292 e. The molecule has 1 fully saturated rings. The maximum atomic E-state index is 13.3. The minimum atomic E-state index is -0.508. The number of benzene rings is 2. The number of carbonyl (C=O) groups is 2. The van der Waals surface area contributed by atoms with E-state index in [-0.39, 0.29) is 11.6 Å². The van der Waals surface area contributed by atoms with Crippen molar-refractivity contribution in [1.29, 1.82) is 0 Å². The number of ketones is 2. The Labute approximate surface area is 161 Å². The quantitative estimate of drug-likeness (QED) is 0.757. The van der Waals surface area contributed by atoms with E-state index in [4.69, 9.17) is 0 Å². The van der Waals surface area contributed by atoms with E-state index in [9.17, 15) is 9.59 Å². The second-order valence-corrected chi connectivity index (χ2v) is 8.29. The molecule has 0 amide bonds. The average molecular weight is 361 g/mol. The molecule has 27 heavy (non-hydrogen) atoms. The molecule has 0 N–H and O–H groups in total. The maximum absolute atomic E-state index is 13.3. The molecule has 2 aliphatic rings. The topological polar surface area (TPSA) is 37.4 Å². The summed E-state index contributed by atoms with van der Waals surface area (Å²) in [6, 6.07) is 13.5. The number of hydrogen-bond donors (Lipinski definition) is 0. The molecular formula is C24H27NO2. The molecule has 3 nitrogen and oxygen atoms in total. The Balaban J connectivity index is 1.65. The van der Waals surface area contributed by atoms with Crippen LogP contribution in [0.15, 0.2) is 42.5 Å². The van der Waals surface area contributed by atoms with E-state index in [0.717, 1.165) is 66.6 Å². The van der Waals surface area contributed by atoms with Gasteiger partial charge in [0.2, 0.25) is 0 Å². The molecule has 4 rings (SSSR count). The van der Waals surface area contributed by atoms with Gasteiger partial charge in [-0.2, -0.15) is 0 Å². The fraction of sp³-hybridized carbons (Fsp3) is 0.417. The third-order valence-corrected chi connectivity index (χ3v) is 6.24. The fourth-order valence-electron chi connectivity index (χ4n) is 4.49. The molecule has 0 spiro atoms. The van der Waals surface area contributed by atoms with Gasteiger partial charge in [-0.15, -0.1) is 0 Å². The molecule has 1 aliphatic carbocycles. The van der Waals surface area contributed by atoms with Gasteiger partial charge in [0.05, 0.1) is 5.54 Å². The van der Waals surface area contributed by atoms with Gasteiger partial charge in [0, 0.05) is 16.7 Å². The van der Waals surface area contributed by atoms with Crippen LogP contribution in [0.4, 0.5) is 0 Å². The number of Topliss-reactive ketones (excluding diaryl/α,β-unsaturated/α-hetero) is 1. The summed E-state index contributed by atoms with van der Waals surface area (Å²) in [6.07, 6.45) is 5.20. The zero-order valence-electron chi connectivity index (χ0n) is 16.3. The molecule has 140 valence electrons. The van der Waals surface area contributed by atoms with Gasteiger partial charge in [0.1, 0.15) is 0 Å². The Hall–Kier alpha value is -2.26. The molecule has 0 atom stereocenters. The molecular weight excluding hydrogens is 334 g/mol. The number of likely N-dealkylation sites (tertiary alicyclic amines) is 1. The lowest BCUT2D eigenvalue weighted by Gasteiger charge is -2.39. The number of carbonyl (C=O) groups excluding carboxylic acids is 2. The van der Waals surface area contributed by atoms with E-state index in [1.807, 2.05) is 56.3 Å². The number of nitrogens with zero attached hydrogens (tertiary/aromatic N) is 1. The normalized spacial score (nSPS) is 17.8. The van der Waals surface area contributed by atoms with Crippen LogP contribution in [0.2, 0.25) is 0 Å². The Morgan fingerprint density at radius 3 is 2.33 bits per heavy atom. The Morgan fingerprint density at radius 2 is 1.56 bits per heavy atom. The van der Waals surface area contributed by atoms with Crippen molar-refractivity contribution in [2.45, 2.75) is 51.5 Å². The smallest absolute Gasteiger partial charge is 0.193 e. The summed E-state index contributed by atoms with van der Waals surface area (Å²) in [4.78, 5) is 28.6. The third-order valence-electron chi connectivity index (χ3n) is 6.24. The minimum absolute atomic E-state index is 0.0763. The number of hydrogen-bond acceptors (Lipinski definition) is 3. The molecule has 0 unspecified atom stereocenters. The lowest BCUT2D eigenvalue weighted by molar-refractivity contribution is 0.0579. The summed E-state index contributed by atoms with van der Waals surface area (Å²) < 4.78 is 0. The standard InChI is InChI=1S/C24H27NO2/c1-24(2,25-14-6-3-7-15-25)23(27)19-12-13-21-18(16-19)11-10-17-8-4-5-9-20(17)22(21)26/h4-5,8-9,12-13,16H,3,6-7,10-11,14-15H2,1-2H3. The van der Waals surface area contributed by atoms with Crippen molar-refractivity contribution in [3.8, 4) is 0 Å². The first-order valence-electron chi connectivity index (χ1n) is 10.0. The van der Waals surface area contributed by atoms with Gasteiger partial charge in [-0.3, -0.25) is 14.5 Å². The molecule has 3 heteroatoms. The van der Waals surface area contributed by atoms with Gasteiger partial charge < -0.3 is 0 Å². The second kappa shape index (κ2) is 7.05. The molecule has 0 saturated carbocycles. The van der Waals surface area contributed by atoms with E-state index in [1.165, 1.54) is 6.42 Å². The van der Waals surface area contributed by atoms with Crippen LogP contribution in [0, 0.1) is 0 Å². The van der Waals surface area contributed by atoms with Crippen LogP contribution < -0.4 is 0 Å². The summed E-state index contributed by atoms with van der Waals surface area (Å²) in [5.74, 6) is 0.230. The first-order chi connectivity index (χ1) is 13.0. The van der Waals surface area contributed by atoms with Gasteiger partial charge in [-0.05, 0) is 69.8 Å². The first kappa shape index (κ1) is 18.1. The SMILES string of the molecule is CC(C)(C(=O)c1ccc2c(c1)CCc1ccccc1C2=O)N1CCCCC1. The summed E-state index contributed by atoms with van der Waals surface area (Å²) in [6.45, 7) is 6.04. The van der Waals surface area contributed by atoms with Crippen LogP contribution in [0.3, 0.4) is 0 Å². The van der Waals surface area contributed by atoms with E-state index in [0.29, 0.717) is 0 Å². The third kappa shape index (κ3) is 3.25. The molecule has 2 aromatic rings. The number of fused-ring (bicyclic) bond motifs is 2. The van der Waals surface area contributed by atoms with Gasteiger partial charge >= 0.3 is 0 Å². The minimum Gasteiger partial charge on any atom is -0.292 e. The van der Waals surface area contributed by atoms with Crippen LogP contribution in [0.5, 0.6) is 0 Å². The number of rotatable bonds is 3. The van der Waals surface area contributed by atoms with Crippen molar-refractivity contribution >= 4 is 11.6 Å². The van der Waals surface area contributed by atoms with Gasteiger partial charge in [-0.25, -0.2) is 0 Å².